The predicted octanol–water partition coefficient (Wildman–Crippen LogP) is 4.11. The van der Waals surface area contributed by atoms with E-state index in [1.54, 1.807) is 7.11 Å². The fraction of sp³-hybridized carbons (Fsp3) is 0.538. The number of hydrogen-bond donors (Lipinski definition) is 1. The molecule has 0 radical (unpaired) electrons. The van der Waals surface area contributed by atoms with E-state index in [0.717, 1.165) is 23.2 Å². The summed E-state index contributed by atoms with van der Waals surface area (Å²) in [5.74, 6) is 0.895. The van der Waals surface area contributed by atoms with Crippen LogP contribution in [-0.4, -0.2) is 18.0 Å². The van der Waals surface area contributed by atoms with Gasteiger partial charge in [0.05, 0.1) is 7.11 Å². The van der Waals surface area contributed by atoms with Gasteiger partial charge in [0.1, 0.15) is 5.75 Å². The van der Waals surface area contributed by atoms with Crippen LogP contribution in [0, 0.1) is 0 Å². The van der Waals surface area contributed by atoms with E-state index >= 15 is 0 Å². The first-order chi connectivity index (χ1) is 8.02. The molecule has 0 aliphatic carbocycles. The molecule has 0 saturated heterocycles. The second-order valence-electron chi connectivity index (χ2n) is 4.26. The molecule has 2 unspecified atom stereocenters. The second kappa shape index (κ2) is 7.39. The normalized spacial score (nSPS) is 14.4. The van der Waals surface area contributed by atoms with Gasteiger partial charge in [-0.25, -0.2) is 0 Å². The van der Waals surface area contributed by atoms with Crippen molar-refractivity contribution in [3.8, 4) is 5.75 Å². The summed E-state index contributed by atoms with van der Waals surface area (Å²) in [6, 6.07) is 6.52. The van der Waals surface area contributed by atoms with Crippen molar-refractivity contribution in [3.63, 3.8) is 0 Å². The number of rotatable bonds is 6. The molecule has 0 heterocycles. The molecule has 0 spiro atoms. The van der Waals surface area contributed by atoms with E-state index in [2.05, 4.69) is 57.1 Å². The Hall–Kier alpha value is -0.0600. The van der Waals surface area contributed by atoms with Crippen molar-refractivity contribution in [2.24, 2.45) is 0 Å². The molecule has 0 amide bonds. The third kappa shape index (κ3) is 5.40. The number of hydrogen-bond acceptors (Lipinski definition) is 2. The Morgan fingerprint density at radius 3 is 2.65 bits per heavy atom. The molecule has 0 aliphatic rings. The average Bonchev–Trinajstić information content (AvgIpc) is 2.27. The summed E-state index contributed by atoms with van der Waals surface area (Å²) < 4.78 is 6.34. The number of alkyl halides is 1. The van der Waals surface area contributed by atoms with Crippen molar-refractivity contribution in [1.29, 1.82) is 0 Å². The van der Waals surface area contributed by atoms with Crippen LogP contribution in [0.25, 0.3) is 0 Å². The van der Waals surface area contributed by atoms with Crippen molar-refractivity contribution in [1.82, 2.24) is 5.32 Å². The van der Waals surface area contributed by atoms with E-state index in [4.69, 9.17) is 4.74 Å². The largest absolute Gasteiger partial charge is 0.497 e. The molecular weight excluding hydrogens is 346 g/mol. The van der Waals surface area contributed by atoms with Gasteiger partial charge in [-0.2, -0.15) is 0 Å². The molecule has 1 N–H and O–H groups in total. The van der Waals surface area contributed by atoms with Gasteiger partial charge in [0, 0.05) is 21.9 Å². The zero-order chi connectivity index (χ0) is 12.8. The monoisotopic (exact) mass is 363 g/mol. The highest BCUT2D eigenvalue weighted by molar-refractivity contribution is 9.10. The molecule has 17 heavy (non-hydrogen) atoms. The molecule has 1 aromatic carbocycles. The molecule has 0 fully saturated rings. The number of methoxy groups -OCH3 is 1. The van der Waals surface area contributed by atoms with E-state index in [9.17, 15) is 0 Å². The van der Waals surface area contributed by atoms with E-state index in [1.807, 2.05) is 12.1 Å². The van der Waals surface area contributed by atoms with E-state index in [0.29, 0.717) is 10.9 Å². The lowest BCUT2D eigenvalue weighted by molar-refractivity contribution is 0.413. The molecule has 0 bridgehead atoms. The van der Waals surface area contributed by atoms with Crippen LogP contribution >= 0.6 is 31.9 Å². The van der Waals surface area contributed by atoms with Crippen LogP contribution < -0.4 is 10.1 Å². The minimum Gasteiger partial charge on any atom is -0.497 e. The van der Waals surface area contributed by atoms with Gasteiger partial charge < -0.3 is 10.1 Å². The highest BCUT2D eigenvalue weighted by atomic mass is 79.9. The summed E-state index contributed by atoms with van der Waals surface area (Å²) >= 11 is 7.13. The van der Waals surface area contributed by atoms with E-state index in [-0.39, 0.29) is 0 Å². The molecule has 2 nitrogen and oxygen atoms in total. The maximum Gasteiger partial charge on any atom is 0.119 e. The lowest BCUT2D eigenvalue weighted by Crippen LogP contribution is -2.27. The fourth-order valence-corrected chi connectivity index (χ4v) is 2.62. The number of nitrogens with one attached hydrogen (secondary N) is 1. The SMILES string of the molecule is COc1ccc(Br)c(CNC(C)CC(C)Br)c1. The molecule has 1 aromatic rings. The minimum atomic E-state index is 0.488. The van der Waals surface area contributed by atoms with Crippen LogP contribution in [0.1, 0.15) is 25.8 Å². The highest BCUT2D eigenvalue weighted by Crippen LogP contribution is 2.22. The van der Waals surface area contributed by atoms with Crippen LogP contribution in [-0.2, 0) is 6.54 Å². The van der Waals surface area contributed by atoms with Crippen LogP contribution in [0.4, 0.5) is 0 Å². The van der Waals surface area contributed by atoms with Crippen molar-refractivity contribution in [3.05, 3.63) is 28.2 Å². The fourth-order valence-electron chi connectivity index (χ4n) is 1.67. The van der Waals surface area contributed by atoms with Crippen molar-refractivity contribution < 1.29 is 4.74 Å². The van der Waals surface area contributed by atoms with Gasteiger partial charge in [-0.05, 0) is 37.1 Å². The van der Waals surface area contributed by atoms with Gasteiger partial charge in [-0.3, -0.25) is 0 Å². The average molecular weight is 365 g/mol. The molecule has 96 valence electrons. The molecule has 0 saturated carbocycles. The lowest BCUT2D eigenvalue weighted by atomic mass is 10.1. The lowest BCUT2D eigenvalue weighted by Gasteiger charge is -2.16. The molecular formula is C13H19Br2NO. The second-order valence-corrected chi connectivity index (χ2v) is 6.67. The van der Waals surface area contributed by atoms with Crippen molar-refractivity contribution >= 4 is 31.9 Å². The summed E-state index contributed by atoms with van der Waals surface area (Å²) in [5, 5.41) is 3.51. The van der Waals surface area contributed by atoms with Gasteiger partial charge >= 0.3 is 0 Å². The highest BCUT2D eigenvalue weighted by Gasteiger charge is 2.07. The third-order valence-electron chi connectivity index (χ3n) is 2.57. The van der Waals surface area contributed by atoms with Gasteiger partial charge in [-0.1, -0.05) is 38.8 Å². The molecule has 0 aliphatic heterocycles. The third-order valence-corrected chi connectivity index (χ3v) is 3.72. The van der Waals surface area contributed by atoms with Gasteiger partial charge in [0.2, 0.25) is 0 Å². The summed E-state index contributed by atoms with van der Waals surface area (Å²) in [5.41, 5.74) is 1.22. The first-order valence-corrected chi connectivity index (χ1v) is 7.43. The minimum absolute atomic E-state index is 0.488. The Bertz CT molecular complexity index is 355. The van der Waals surface area contributed by atoms with Gasteiger partial charge in [0.15, 0.2) is 0 Å². The smallest absolute Gasteiger partial charge is 0.119 e. The molecule has 0 aromatic heterocycles. The Balaban J connectivity index is 2.56. The number of halogens is 2. The Labute approximate surface area is 120 Å². The van der Waals surface area contributed by atoms with Crippen LogP contribution in [0.2, 0.25) is 0 Å². The van der Waals surface area contributed by atoms with Crippen molar-refractivity contribution in [2.45, 2.75) is 37.7 Å². The Morgan fingerprint density at radius 2 is 2.06 bits per heavy atom. The summed E-state index contributed by atoms with van der Waals surface area (Å²) in [7, 11) is 1.69. The first kappa shape index (κ1) is 15.0. The topological polar surface area (TPSA) is 21.3 Å². The zero-order valence-corrected chi connectivity index (χ0v) is 13.6. The Morgan fingerprint density at radius 1 is 1.35 bits per heavy atom. The maximum atomic E-state index is 5.23. The number of benzene rings is 1. The Kier molecular flexibility index (Phi) is 6.52. The standard InChI is InChI=1S/C13H19Br2NO/c1-9(14)6-10(2)16-8-11-7-12(17-3)4-5-13(11)15/h4-5,7,9-10,16H,6,8H2,1-3H3. The summed E-state index contributed by atoms with van der Waals surface area (Å²) in [4.78, 5) is 0.541. The summed E-state index contributed by atoms with van der Waals surface area (Å²) in [6.45, 7) is 5.21. The molecule has 1 rings (SSSR count). The van der Waals surface area contributed by atoms with E-state index < -0.39 is 0 Å². The first-order valence-electron chi connectivity index (χ1n) is 5.72. The quantitative estimate of drug-likeness (QED) is 0.767. The zero-order valence-electron chi connectivity index (χ0n) is 10.5. The van der Waals surface area contributed by atoms with Crippen LogP contribution in [0.5, 0.6) is 5.75 Å². The number of ether oxygens (including phenoxy) is 1. The van der Waals surface area contributed by atoms with Gasteiger partial charge in [-0.15, -0.1) is 0 Å². The predicted molar refractivity (Wildman–Crippen MR) is 80.0 cm³/mol. The summed E-state index contributed by atoms with van der Waals surface area (Å²) in [6.07, 6.45) is 1.11. The van der Waals surface area contributed by atoms with Crippen molar-refractivity contribution in [2.75, 3.05) is 7.11 Å². The van der Waals surface area contributed by atoms with Gasteiger partial charge in [0.25, 0.3) is 0 Å². The van der Waals surface area contributed by atoms with Crippen LogP contribution in [0.3, 0.4) is 0 Å². The maximum absolute atomic E-state index is 5.23. The molecule has 2 atom stereocenters. The van der Waals surface area contributed by atoms with Crippen LogP contribution in [0.15, 0.2) is 22.7 Å². The van der Waals surface area contributed by atoms with E-state index in [1.165, 1.54) is 5.56 Å². The molecule has 4 heteroatoms.